The van der Waals surface area contributed by atoms with E-state index in [9.17, 15) is 64.5 Å². The van der Waals surface area contributed by atoms with E-state index in [0.717, 1.165) is 60.7 Å². The largest absolute Gasteiger partial charge is 0.493 e. The van der Waals surface area contributed by atoms with Crippen LogP contribution in [0.3, 0.4) is 0 Å². The van der Waals surface area contributed by atoms with Crippen molar-refractivity contribution >= 4 is 47.0 Å². The van der Waals surface area contributed by atoms with Crippen LogP contribution >= 0.6 is 0 Å². The summed E-state index contributed by atoms with van der Waals surface area (Å²) >= 11 is 0. The highest BCUT2D eigenvalue weighted by molar-refractivity contribution is 6.01. The molecule has 0 saturated carbocycles. The Morgan fingerprint density at radius 2 is 0.909 bits per heavy atom. The number of nitrogen functional groups attached to an aromatic ring is 2. The molecule has 0 atom stereocenters. The number of aliphatic hydroxyl groups is 2. The third-order valence-electron chi connectivity index (χ3n) is 11.5. The highest BCUT2D eigenvalue weighted by atomic mass is 19.3. The molecule has 0 aliphatic carbocycles. The Bertz CT molecular complexity index is 3070. The Labute approximate surface area is 433 Å². The number of ether oxygens (including phenoxy) is 6. The Morgan fingerprint density at radius 1 is 0.532 bits per heavy atom. The van der Waals surface area contributed by atoms with Crippen LogP contribution in [0.5, 0.6) is 34.5 Å². The van der Waals surface area contributed by atoms with Crippen molar-refractivity contribution in [3.63, 3.8) is 0 Å². The predicted molar refractivity (Wildman–Crippen MR) is 263 cm³/mol. The molecule has 6 N–H and O–H groups in total. The standard InChI is InChI=1S/C55H46F8N2O12/c1-72-45-27-32(8-24-43(45)74-48(68)36-11-20-41(21-12-36)76-54(60,61)50(56)57)7-19-40(66)31-52(29-34-3-15-38(64)16-4-34,30-35-5-17-39(65)18-6-35)53(70,71)47(67)26-10-33-9-25-44(46(28-33)73-2)75-49(69)37-13-22-42(23-14-37)77-55(62,63)51(58)59/h3-28,50-51,70-71H,29-31,64-65H2,1-2H3. The van der Waals surface area contributed by atoms with Crippen molar-refractivity contribution in [3.8, 4) is 34.5 Å². The summed E-state index contributed by atoms with van der Waals surface area (Å²) in [6.07, 6.45) is -14.5. The van der Waals surface area contributed by atoms with Crippen molar-refractivity contribution in [2.24, 2.45) is 5.41 Å². The molecule has 6 aromatic carbocycles. The van der Waals surface area contributed by atoms with E-state index < -0.39 is 77.7 Å². The van der Waals surface area contributed by atoms with Gasteiger partial charge in [-0.3, -0.25) is 9.59 Å². The summed E-state index contributed by atoms with van der Waals surface area (Å²) in [5.41, 5.74) is 11.7. The molecule has 14 nitrogen and oxygen atoms in total. The fourth-order valence-corrected chi connectivity index (χ4v) is 7.52. The molecule has 77 heavy (non-hydrogen) atoms. The first kappa shape index (κ1) is 57.5. The number of hydrogen-bond acceptors (Lipinski definition) is 14. The van der Waals surface area contributed by atoms with Crippen LogP contribution in [0.4, 0.5) is 46.5 Å². The molecule has 0 saturated heterocycles. The van der Waals surface area contributed by atoms with Gasteiger partial charge in [0.1, 0.15) is 11.5 Å². The lowest BCUT2D eigenvalue weighted by molar-refractivity contribution is -0.253. The van der Waals surface area contributed by atoms with Crippen LogP contribution in [0.15, 0.2) is 146 Å². The average Bonchev–Trinajstić information content (AvgIpc) is 3.41. The van der Waals surface area contributed by atoms with E-state index in [1.807, 2.05) is 0 Å². The second-order valence-electron chi connectivity index (χ2n) is 17.0. The van der Waals surface area contributed by atoms with Gasteiger partial charge in [0.25, 0.3) is 0 Å². The number of allylic oxidation sites excluding steroid dienone is 1. The van der Waals surface area contributed by atoms with Gasteiger partial charge < -0.3 is 50.1 Å². The van der Waals surface area contributed by atoms with Crippen molar-refractivity contribution in [2.75, 3.05) is 25.7 Å². The summed E-state index contributed by atoms with van der Waals surface area (Å²) in [7, 11) is 2.48. The zero-order valence-electron chi connectivity index (χ0n) is 40.4. The Balaban J connectivity index is 1.25. The number of nitrogens with two attached hydrogens (primary N) is 2. The van der Waals surface area contributed by atoms with Gasteiger partial charge >= 0.3 is 37.0 Å². The minimum Gasteiger partial charge on any atom is -0.493 e. The minimum atomic E-state index is -4.78. The summed E-state index contributed by atoms with van der Waals surface area (Å²) in [5, 5.41) is 24.5. The van der Waals surface area contributed by atoms with Crippen LogP contribution in [0.2, 0.25) is 0 Å². The lowest BCUT2D eigenvalue weighted by Crippen LogP contribution is -2.57. The van der Waals surface area contributed by atoms with Gasteiger partial charge in [-0.15, -0.1) is 0 Å². The maximum atomic E-state index is 14.3. The van der Waals surface area contributed by atoms with Crippen molar-refractivity contribution in [2.45, 2.75) is 50.1 Å². The molecule has 6 aromatic rings. The van der Waals surface area contributed by atoms with Crippen molar-refractivity contribution < 1.29 is 92.9 Å². The number of halogens is 8. The predicted octanol–water partition coefficient (Wildman–Crippen LogP) is 10.2. The van der Waals surface area contributed by atoms with Crippen LogP contribution in [-0.4, -0.2) is 78.8 Å². The number of methoxy groups -OCH3 is 2. The first-order valence-corrected chi connectivity index (χ1v) is 22.6. The van der Waals surface area contributed by atoms with E-state index in [-0.39, 0.29) is 52.5 Å². The van der Waals surface area contributed by atoms with Gasteiger partial charge in [-0.25, -0.2) is 9.59 Å². The van der Waals surface area contributed by atoms with Gasteiger partial charge in [0.05, 0.1) is 25.3 Å². The summed E-state index contributed by atoms with van der Waals surface area (Å²) < 4.78 is 133. The molecular weight excluding hydrogens is 1030 g/mol. The molecule has 0 unspecified atom stereocenters. The zero-order chi connectivity index (χ0) is 56.3. The SMILES string of the molecule is COc1cc(C=CC(=O)CC(Cc2ccc(N)cc2)(Cc2ccc(N)cc2)C(O)(O)C(=O)C=Cc2ccc(OC(=O)c3ccc(OC(F)(F)C(F)F)cc3)c(OC)c2)ccc1OC(=O)c1ccc(OC(F)(F)C(F)F)cc1. The van der Waals surface area contributed by atoms with Gasteiger partial charge in [-0.2, -0.15) is 35.1 Å². The van der Waals surface area contributed by atoms with Gasteiger partial charge in [0, 0.05) is 23.2 Å². The van der Waals surface area contributed by atoms with Crippen LogP contribution in [0, 0.1) is 5.41 Å². The average molecular weight is 1080 g/mol. The van der Waals surface area contributed by atoms with E-state index in [2.05, 4.69) is 9.47 Å². The van der Waals surface area contributed by atoms with Gasteiger partial charge in [0.15, 0.2) is 28.8 Å². The number of anilines is 2. The summed E-state index contributed by atoms with van der Waals surface area (Å²) in [4.78, 5) is 54.4. The lowest BCUT2D eigenvalue weighted by Gasteiger charge is -2.42. The van der Waals surface area contributed by atoms with Gasteiger partial charge in [-0.1, -0.05) is 48.6 Å². The molecule has 0 aliphatic rings. The molecule has 404 valence electrons. The number of carbonyl (C=O) groups is 4. The number of benzene rings is 6. The van der Waals surface area contributed by atoms with E-state index in [4.69, 9.17) is 30.4 Å². The lowest BCUT2D eigenvalue weighted by atomic mass is 9.65. The molecule has 0 radical (unpaired) electrons. The minimum absolute atomic E-state index is 0.00987. The highest BCUT2D eigenvalue weighted by Gasteiger charge is 2.54. The second-order valence-corrected chi connectivity index (χ2v) is 17.0. The van der Waals surface area contributed by atoms with Gasteiger partial charge in [0.2, 0.25) is 11.6 Å². The van der Waals surface area contributed by atoms with E-state index >= 15 is 0 Å². The van der Waals surface area contributed by atoms with Crippen LogP contribution in [-0.2, 0) is 22.4 Å². The molecular formula is C55H46F8N2O12. The molecule has 0 bridgehead atoms. The van der Waals surface area contributed by atoms with E-state index in [1.165, 1.54) is 62.8 Å². The summed E-state index contributed by atoms with van der Waals surface area (Å²) in [6.45, 7) is 0. The summed E-state index contributed by atoms with van der Waals surface area (Å²) in [5.74, 6) is -8.89. The maximum Gasteiger partial charge on any atom is 0.461 e. The number of esters is 2. The highest BCUT2D eigenvalue weighted by Crippen LogP contribution is 2.43. The number of hydrogen-bond donors (Lipinski definition) is 4. The molecule has 0 aliphatic heterocycles. The molecule has 22 heteroatoms. The number of carbonyl (C=O) groups excluding carboxylic acids is 4. The summed E-state index contributed by atoms with van der Waals surface area (Å²) in [6, 6.07) is 28.2. The Morgan fingerprint density at radius 3 is 1.27 bits per heavy atom. The van der Waals surface area contributed by atoms with Crippen molar-refractivity contribution in [3.05, 3.63) is 179 Å². The topological polar surface area (TPSA) is 216 Å². The van der Waals surface area contributed by atoms with E-state index in [0.29, 0.717) is 28.1 Å². The quantitative estimate of drug-likeness (QED) is 0.0111. The normalized spacial score (nSPS) is 12.2. The third kappa shape index (κ3) is 14.8. The van der Waals surface area contributed by atoms with E-state index in [1.54, 1.807) is 48.5 Å². The number of rotatable bonds is 24. The fourth-order valence-electron chi connectivity index (χ4n) is 7.52. The number of alkyl halides is 8. The van der Waals surface area contributed by atoms with Crippen molar-refractivity contribution in [1.29, 1.82) is 0 Å². The maximum absolute atomic E-state index is 14.3. The molecule has 0 spiro atoms. The zero-order valence-corrected chi connectivity index (χ0v) is 40.4. The Kier molecular flexibility index (Phi) is 18.1. The third-order valence-corrected chi connectivity index (χ3v) is 11.5. The second kappa shape index (κ2) is 24.3. The fraction of sp³-hybridized carbons (Fsp3) is 0.200. The van der Waals surface area contributed by atoms with Crippen LogP contribution < -0.4 is 39.9 Å². The number of ketones is 2. The molecule has 0 fully saturated rings. The van der Waals surface area contributed by atoms with Gasteiger partial charge in [-0.05, 0) is 144 Å². The molecule has 0 heterocycles. The molecule has 6 rings (SSSR count). The molecule has 0 amide bonds. The first-order chi connectivity index (χ1) is 36.3. The van der Waals surface area contributed by atoms with Crippen LogP contribution in [0.1, 0.15) is 49.4 Å². The van der Waals surface area contributed by atoms with Crippen molar-refractivity contribution in [1.82, 2.24) is 0 Å². The Hall–Kier alpha value is -8.76. The smallest absolute Gasteiger partial charge is 0.461 e. The first-order valence-electron chi connectivity index (χ1n) is 22.6. The van der Waals surface area contributed by atoms with Crippen LogP contribution in [0.25, 0.3) is 12.2 Å². The molecule has 0 aromatic heterocycles. The monoisotopic (exact) mass is 1080 g/mol.